The van der Waals surface area contributed by atoms with Crippen LogP contribution in [0.2, 0.25) is 0 Å². The number of fused-ring (bicyclic) bond motifs is 1. The number of aromatic carboxylic acids is 1. The third kappa shape index (κ3) is 2.67. The fourth-order valence-electron chi connectivity index (χ4n) is 4.10. The van der Waals surface area contributed by atoms with Crippen LogP contribution in [0.1, 0.15) is 40.1 Å². The number of hydrogen-bond donors (Lipinski definition) is 2. The van der Waals surface area contributed by atoms with Gasteiger partial charge in [0.1, 0.15) is 17.9 Å². The highest BCUT2D eigenvalue weighted by atomic mass is 19.1. The molecule has 1 atom stereocenters. The molecule has 0 saturated heterocycles. The smallest absolute Gasteiger partial charge is 0.341 e. The number of nitrogens with one attached hydrogen (secondary N) is 1. The summed E-state index contributed by atoms with van der Waals surface area (Å²) < 4.78 is 22.5. The third-order valence-corrected chi connectivity index (χ3v) is 5.61. The topological polar surface area (TPSA) is 93.4 Å². The molecule has 0 unspecified atom stereocenters. The lowest BCUT2D eigenvalue weighted by Crippen LogP contribution is -2.27. The number of nitrogens with zero attached hydrogens (tertiary/aromatic N) is 2. The van der Waals surface area contributed by atoms with Crippen molar-refractivity contribution in [1.29, 1.82) is 0 Å². The molecule has 0 amide bonds. The second-order valence-corrected chi connectivity index (χ2v) is 7.49. The van der Waals surface area contributed by atoms with Gasteiger partial charge in [-0.05, 0) is 24.6 Å². The predicted octanol–water partition coefficient (Wildman–Crippen LogP) is 3.37. The van der Waals surface area contributed by atoms with Crippen LogP contribution < -0.4 is 15.5 Å². The number of pyridine rings is 2. The van der Waals surface area contributed by atoms with Crippen LogP contribution >= 0.6 is 0 Å². The number of carboxylic acids is 1. The Morgan fingerprint density at radius 2 is 2.30 bits per heavy atom. The molecule has 2 aliphatic rings. The SMILES string of the molecule is C[C@H]1COc2c(NCc3ccnc4c3C=CC4)c(F)cc3c(=O)c(C(=O)O)cn1c23. The minimum atomic E-state index is -1.34. The van der Waals surface area contributed by atoms with Gasteiger partial charge in [-0.3, -0.25) is 9.78 Å². The number of aromatic nitrogens is 2. The number of carboxylic acid groups (broad SMARTS) is 1. The first-order valence-electron chi connectivity index (χ1n) is 9.60. The quantitative estimate of drug-likeness (QED) is 0.689. The first-order valence-corrected chi connectivity index (χ1v) is 9.60. The van der Waals surface area contributed by atoms with E-state index in [1.54, 1.807) is 10.8 Å². The number of allylic oxidation sites excluding steroid dienone is 1. The Kier molecular flexibility index (Phi) is 4.09. The van der Waals surface area contributed by atoms with Crippen LogP contribution in [0.15, 0.2) is 35.4 Å². The summed E-state index contributed by atoms with van der Waals surface area (Å²) in [5.74, 6) is -1.79. The molecule has 1 aromatic carbocycles. The Morgan fingerprint density at radius 1 is 1.47 bits per heavy atom. The minimum absolute atomic E-state index is 0.00719. The van der Waals surface area contributed by atoms with Gasteiger partial charge in [-0.2, -0.15) is 0 Å². The molecule has 2 N–H and O–H groups in total. The van der Waals surface area contributed by atoms with Crippen molar-refractivity contribution in [2.75, 3.05) is 11.9 Å². The van der Waals surface area contributed by atoms with E-state index in [0.29, 0.717) is 12.1 Å². The van der Waals surface area contributed by atoms with Crippen molar-refractivity contribution in [3.8, 4) is 5.75 Å². The maximum atomic E-state index is 15.0. The van der Waals surface area contributed by atoms with Crippen molar-refractivity contribution in [1.82, 2.24) is 9.55 Å². The zero-order chi connectivity index (χ0) is 21.0. The molecule has 1 aliphatic heterocycles. The monoisotopic (exact) mass is 407 g/mol. The van der Waals surface area contributed by atoms with Gasteiger partial charge in [-0.1, -0.05) is 12.2 Å². The molecular formula is C22H18FN3O4. The van der Waals surface area contributed by atoms with Crippen molar-refractivity contribution >= 4 is 28.6 Å². The molecule has 30 heavy (non-hydrogen) atoms. The molecule has 5 rings (SSSR count). The van der Waals surface area contributed by atoms with Crippen molar-refractivity contribution in [3.05, 3.63) is 69.0 Å². The van der Waals surface area contributed by atoms with Gasteiger partial charge in [0.25, 0.3) is 0 Å². The molecular weight excluding hydrogens is 389 g/mol. The lowest BCUT2D eigenvalue weighted by atomic mass is 10.1. The van der Waals surface area contributed by atoms with E-state index < -0.39 is 17.2 Å². The zero-order valence-electron chi connectivity index (χ0n) is 16.1. The van der Waals surface area contributed by atoms with Gasteiger partial charge in [0.15, 0.2) is 11.6 Å². The Hall–Kier alpha value is -3.68. The van der Waals surface area contributed by atoms with Crippen LogP contribution in [0.5, 0.6) is 5.75 Å². The van der Waals surface area contributed by atoms with Gasteiger partial charge >= 0.3 is 5.97 Å². The second-order valence-electron chi connectivity index (χ2n) is 7.49. The van der Waals surface area contributed by atoms with E-state index >= 15 is 4.39 Å². The summed E-state index contributed by atoms with van der Waals surface area (Å²) in [6.45, 7) is 2.43. The molecule has 2 aromatic heterocycles. The summed E-state index contributed by atoms with van der Waals surface area (Å²) in [6, 6.07) is 2.76. The van der Waals surface area contributed by atoms with E-state index in [1.807, 2.05) is 25.1 Å². The van der Waals surface area contributed by atoms with Crippen LogP contribution in [-0.4, -0.2) is 27.2 Å². The van der Waals surface area contributed by atoms with Crippen LogP contribution in [0.3, 0.4) is 0 Å². The van der Waals surface area contributed by atoms with E-state index in [2.05, 4.69) is 10.3 Å². The fourth-order valence-corrected chi connectivity index (χ4v) is 4.10. The molecule has 0 saturated carbocycles. The zero-order valence-corrected chi connectivity index (χ0v) is 16.1. The summed E-state index contributed by atoms with van der Waals surface area (Å²) in [5, 5.41) is 12.5. The highest BCUT2D eigenvalue weighted by Crippen LogP contribution is 2.40. The van der Waals surface area contributed by atoms with E-state index in [9.17, 15) is 14.7 Å². The van der Waals surface area contributed by atoms with Crippen molar-refractivity contribution in [2.45, 2.75) is 25.9 Å². The summed E-state index contributed by atoms with van der Waals surface area (Å²) in [4.78, 5) is 28.5. The van der Waals surface area contributed by atoms with E-state index in [0.717, 1.165) is 29.3 Å². The molecule has 152 valence electrons. The van der Waals surface area contributed by atoms with Gasteiger partial charge in [0.05, 0.1) is 22.6 Å². The predicted molar refractivity (Wildman–Crippen MR) is 110 cm³/mol. The summed E-state index contributed by atoms with van der Waals surface area (Å²) in [5.41, 5.74) is 2.41. The maximum Gasteiger partial charge on any atom is 0.341 e. The van der Waals surface area contributed by atoms with Crippen LogP contribution in [0.4, 0.5) is 10.1 Å². The number of anilines is 1. The van der Waals surface area contributed by atoms with Crippen molar-refractivity contribution in [2.24, 2.45) is 0 Å². The number of hydrogen-bond acceptors (Lipinski definition) is 5. The Balaban J connectivity index is 1.64. The van der Waals surface area contributed by atoms with Crippen molar-refractivity contribution in [3.63, 3.8) is 0 Å². The molecule has 0 radical (unpaired) electrons. The number of ether oxygens (including phenoxy) is 1. The lowest BCUT2D eigenvalue weighted by molar-refractivity contribution is 0.0694. The van der Waals surface area contributed by atoms with Crippen LogP contribution in [0.25, 0.3) is 17.0 Å². The Bertz CT molecular complexity index is 1310. The standard InChI is InChI=1S/C22H18FN3O4/c1-11-10-30-21-18(25-8-12-5-6-24-17-4-2-3-13(12)17)16(23)7-14-19(21)26(11)9-15(20(14)27)22(28)29/h2-3,5-7,9,11,25H,4,8,10H2,1H3,(H,28,29)/t11-/m0/s1. The normalized spacial score (nSPS) is 16.4. The maximum absolute atomic E-state index is 15.0. The van der Waals surface area contributed by atoms with Crippen LogP contribution in [-0.2, 0) is 13.0 Å². The molecule has 3 aromatic rings. The third-order valence-electron chi connectivity index (χ3n) is 5.61. The molecule has 1 aliphatic carbocycles. The minimum Gasteiger partial charge on any atom is -0.487 e. The number of rotatable bonds is 4. The average molecular weight is 407 g/mol. The highest BCUT2D eigenvalue weighted by Gasteiger charge is 2.28. The summed E-state index contributed by atoms with van der Waals surface area (Å²) in [6.07, 6.45) is 7.85. The molecule has 0 bridgehead atoms. The molecule has 0 fully saturated rings. The highest BCUT2D eigenvalue weighted by molar-refractivity contribution is 5.97. The first-order chi connectivity index (χ1) is 14.5. The summed E-state index contributed by atoms with van der Waals surface area (Å²) in [7, 11) is 0. The molecule has 0 spiro atoms. The van der Waals surface area contributed by atoms with E-state index in [-0.39, 0.29) is 35.0 Å². The van der Waals surface area contributed by atoms with Crippen LogP contribution in [0, 0.1) is 5.82 Å². The number of halogens is 1. The molecule has 3 heterocycles. The Labute approximate surface area is 170 Å². The van der Waals surface area contributed by atoms with Gasteiger partial charge in [0, 0.05) is 30.9 Å². The van der Waals surface area contributed by atoms with Gasteiger partial charge in [0.2, 0.25) is 5.43 Å². The first kappa shape index (κ1) is 18.4. The van der Waals surface area contributed by atoms with E-state index in [1.165, 1.54) is 6.20 Å². The fraction of sp³-hybridized carbons (Fsp3) is 0.227. The van der Waals surface area contributed by atoms with Gasteiger partial charge in [-0.15, -0.1) is 0 Å². The number of benzene rings is 1. The second kappa shape index (κ2) is 6.69. The Morgan fingerprint density at radius 3 is 3.10 bits per heavy atom. The van der Waals surface area contributed by atoms with Gasteiger partial charge in [-0.25, -0.2) is 9.18 Å². The number of carbonyl (C=O) groups is 1. The van der Waals surface area contributed by atoms with Gasteiger partial charge < -0.3 is 19.7 Å². The molecule has 8 heteroatoms. The largest absolute Gasteiger partial charge is 0.487 e. The van der Waals surface area contributed by atoms with E-state index in [4.69, 9.17) is 4.74 Å². The lowest BCUT2D eigenvalue weighted by Gasteiger charge is -2.28. The van der Waals surface area contributed by atoms with Crippen molar-refractivity contribution < 1.29 is 19.0 Å². The average Bonchev–Trinajstić information content (AvgIpc) is 3.20. The molecule has 7 nitrogen and oxygen atoms in total. The summed E-state index contributed by atoms with van der Waals surface area (Å²) >= 11 is 0.